The van der Waals surface area contributed by atoms with Gasteiger partial charge >= 0.3 is 6.09 Å². The second kappa shape index (κ2) is 7.10. The molecule has 0 heterocycles. The lowest BCUT2D eigenvalue weighted by Gasteiger charge is -2.24. The van der Waals surface area contributed by atoms with Crippen molar-refractivity contribution in [2.24, 2.45) is 0 Å². The molecule has 0 aromatic heterocycles. The Morgan fingerprint density at radius 3 is 2.63 bits per heavy atom. The van der Waals surface area contributed by atoms with Crippen LogP contribution in [-0.2, 0) is 4.74 Å². The molecular formula is C14H28N2O3. The molecule has 0 radical (unpaired) electrons. The summed E-state index contributed by atoms with van der Waals surface area (Å²) in [6, 6.07) is 0.624. The van der Waals surface area contributed by atoms with Crippen molar-refractivity contribution in [2.45, 2.75) is 64.2 Å². The van der Waals surface area contributed by atoms with E-state index in [-0.39, 0.29) is 12.2 Å². The summed E-state index contributed by atoms with van der Waals surface area (Å²) in [6.45, 7) is 6.82. The number of carbonyl (C=O) groups is 1. The molecule has 0 aromatic carbocycles. The van der Waals surface area contributed by atoms with Gasteiger partial charge in [0, 0.05) is 26.2 Å². The number of aliphatic hydroxyl groups is 1. The topological polar surface area (TPSA) is 61.8 Å². The number of rotatable bonds is 7. The van der Waals surface area contributed by atoms with Gasteiger partial charge in [0.2, 0.25) is 0 Å². The van der Waals surface area contributed by atoms with Gasteiger partial charge in [0.05, 0.1) is 6.10 Å². The number of hydrogen-bond acceptors (Lipinski definition) is 4. The fourth-order valence-electron chi connectivity index (χ4n) is 1.69. The summed E-state index contributed by atoms with van der Waals surface area (Å²) in [5.41, 5.74) is -0.459. The maximum absolute atomic E-state index is 11.7. The molecule has 0 aromatic rings. The van der Waals surface area contributed by atoms with Crippen molar-refractivity contribution in [3.05, 3.63) is 0 Å². The molecule has 0 bridgehead atoms. The third kappa shape index (κ3) is 8.06. The highest BCUT2D eigenvalue weighted by atomic mass is 16.6. The van der Waals surface area contributed by atoms with Crippen molar-refractivity contribution in [1.82, 2.24) is 10.2 Å². The third-order valence-corrected chi connectivity index (χ3v) is 2.96. The Kier molecular flexibility index (Phi) is 6.07. The van der Waals surface area contributed by atoms with Crippen LogP contribution < -0.4 is 5.32 Å². The molecule has 5 heteroatoms. The molecule has 0 aliphatic heterocycles. The van der Waals surface area contributed by atoms with E-state index in [0.29, 0.717) is 25.6 Å². The second-order valence-corrected chi connectivity index (χ2v) is 6.38. The first kappa shape index (κ1) is 16.2. The predicted molar refractivity (Wildman–Crippen MR) is 75.1 cm³/mol. The Bertz CT molecular complexity index is 285. The van der Waals surface area contributed by atoms with Crippen LogP contribution in [0.25, 0.3) is 0 Å². The Labute approximate surface area is 116 Å². The van der Waals surface area contributed by atoms with Gasteiger partial charge in [-0.1, -0.05) is 0 Å². The Morgan fingerprint density at radius 2 is 2.11 bits per heavy atom. The monoisotopic (exact) mass is 272 g/mol. The lowest BCUT2D eigenvalue weighted by Crippen LogP contribution is -2.35. The molecule has 1 fully saturated rings. The number of ether oxygens (including phenoxy) is 1. The van der Waals surface area contributed by atoms with Gasteiger partial charge < -0.3 is 20.1 Å². The van der Waals surface area contributed by atoms with E-state index in [1.54, 1.807) is 11.9 Å². The zero-order valence-corrected chi connectivity index (χ0v) is 12.6. The highest BCUT2D eigenvalue weighted by molar-refractivity contribution is 5.67. The minimum Gasteiger partial charge on any atom is -0.444 e. The first-order chi connectivity index (χ1) is 8.78. The first-order valence-corrected chi connectivity index (χ1v) is 7.13. The quantitative estimate of drug-likeness (QED) is 0.741. The molecule has 1 atom stereocenters. The zero-order valence-electron chi connectivity index (χ0n) is 12.6. The van der Waals surface area contributed by atoms with Crippen LogP contribution in [0.15, 0.2) is 0 Å². The summed E-state index contributed by atoms with van der Waals surface area (Å²) in [4.78, 5) is 13.2. The third-order valence-electron chi connectivity index (χ3n) is 2.96. The van der Waals surface area contributed by atoms with Crippen LogP contribution in [-0.4, -0.2) is 54.0 Å². The summed E-state index contributed by atoms with van der Waals surface area (Å²) >= 11 is 0. The largest absolute Gasteiger partial charge is 0.444 e. The molecule has 1 aliphatic carbocycles. The smallest absolute Gasteiger partial charge is 0.410 e. The highest BCUT2D eigenvalue weighted by Gasteiger charge is 2.22. The number of amides is 1. The van der Waals surface area contributed by atoms with Gasteiger partial charge in [0.15, 0.2) is 0 Å². The highest BCUT2D eigenvalue weighted by Crippen LogP contribution is 2.18. The predicted octanol–water partition coefficient (Wildman–Crippen LogP) is 1.75. The number of nitrogens with zero attached hydrogens (tertiary/aromatic N) is 1. The second-order valence-electron chi connectivity index (χ2n) is 6.38. The van der Waals surface area contributed by atoms with Gasteiger partial charge in [-0.25, -0.2) is 4.79 Å². The van der Waals surface area contributed by atoms with Crippen molar-refractivity contribution in [3.8, 4) is 0 Å². The maximum atomic E-state index is 11.7. The minimum absolute atomic E-state index is 0.307. The molecule has 112 valence electrons. The Balaban J connectivity index is 2.07. The summed E-state index contributed by atoms with van der Waals surface area (Å²) < 4.78 is 5.26. The zero-order chi connectivity index (χ0) is 14.5. The van der Waals surface area contributed by atoms with Crippen LogP contribution in [0.4, 0.5) is 4.79 Å². The summed E-state index contributed by atoms with van der Waals surface area (Å²) in [5, 5.41) is 13.1. The SMILES string of the molecule is CN(CCCC(O)CNC1CC1)C(=O)OC(C)(C)C. The Morgan fingerprint density at radius 1 is 1.47 bits per heavy atom. The number of carbonyl (C=O) groups excluding carboxylic acids is 1. The number of hydrogen-bond donors (Lipinski definition) is 2. The average molecular weight is 272 g/mol. The van der Waals surface area contributed by atoms with E-state index < -0.39 is 5.60 Å². The molecule has 1 aliphatic rings. The minimum atomic E-state index is -0.459. The van der Waals surface area contributed by atoms with Crippen LogP contribution in [0.3, 0.4) is 0 Å². The molecule has 1 unspecified atom stereocenters. The first-order valence-electron chi connectivity index (χ1n) is 7.13. The fourth-order valence-corrected chi connectivity index (χ4v) is 1.69. The van der Waals surface area contributed by atoms with E-state index in [9.17, 15) is 9.90 Å². The lowest BCUT2D eigenvalue weighted by molar-refractivity contribution is 0.0289. The van der Waals surface area contributed by atoms with Crippen molar-refractivity contribution in [1.29, 1.82) is 0 Å². The van der Waals surface area contributed by atoms with Crippen LogP contribution in [0.1, 0.15) is 46.5 Å². The molecular weight excluding hydrogens is 244 g/mol. The normalized spacial score (nSPS) is 17.1. The van der Waals surface area contributed by atoms with Gasteiger partial charge in [0.1, 0.15) is 5.60 Å². The Hall–Kier alpha value is -0.810. The van der Waals surface area contributed by atoms with Crippen LogP contribution >= 0.6 is 0 Å². The van der Waals surface area contributed by atoms with E-state index in [2.05, 4.69) is 5.32 Å². The molecule has 1 amide bonds. The van der Waals surface area contributed by atoms with Crippen molar-refractivity contribution in [3.63, 3.8) is 0 Å². The van der Waals surface area contributed by atoms with E-state index in [0.717, 1.165) is 6.42 Å². The van der Waals surface area contributed by atoms with Gasteiger partial charge in [-0.3, -0.25) is 0 Å². The molecule has 2 N–H and O–H groups in total. The van der Waals surface area contributed by atoms with Crippen molar-refractivity contribution < 1.29 is 14.6 Å². The van der Waals surface area contributed by atoms with E-state index in [1.165, 1.54) is 12.8 Å². The van der Waals surface area contributed by atoms with E-state index in [1.807, 2.05) is 20.8 Å². The number of nitrogens with one attached hydrogen (secondary N) is 1. The van der Waals surface area contributed by atoms with Crippen LogP contribution in [0, 0.1) is 0 Å². The molecule has 0 saturated heterocycles. The molecule has 19 heavy (non-hydrogen) atoms. The average Bonchev–Trinajstić information content (AvgIpc) is 3.07. The fraction of sp³-hybridized carbons (Fsp3) is 0.929. The molecule has 0 spiro atoms. The van der Waals surface area contributed by atoms with Crippen molar-refractivity contribution >= 4 is 6.09 Å². The van der Waals surface area contributed by atoms with Crippen molar-refractivity contribution in [2.75, 3.05) is 20.1 Å². The maximum Gasteiger partial charge on any atom is 0.410 e. The standard InChI is InChI=1S/C14H28N2O3/c1-14(2,3)19-13(18)16(4)9-5-6-12(17)10-15-11-7-8-11/h11-12,15,17H,5-10H2,1-4H3. The summed E-state index contributed by atoms with van der Waals surface area (Å²) in [7, 11) is 1.73. The molecule has 5 nitrogen and oxygen atoms in total. The van der Waals surface area contributed by atoms with Gasteiger partial charge in [-0.2, -0.15) is 0 Å². The summed E-state index contributed by atoms with van der Waals surface area (Å²) in [5.74, 6) is 0. The van der Waals surface area contributed by atoms with Gasteiger partial charge in [0.25, 0.3) is 0 Å². The molecule has 1 saturated carbocycles. The lowest BCUT2D eigenvalue weighted by atomic mass is 10.2. The van der Waals surface area contributed by atoms with Crippen LogP contribution in [0.5, 0.6) is 0 Å². The van der Waals surface area contributed by atoms with E-state index in [4.69, 9.17) is 4.74 Å². The summed E-state index contributed by atoms with van der Waals surface area (Å²) in [6.07, 6.45) is 3.31. The van der Waals surface area contributed by atoms with Gasteiger partial charge in [-0.05, 0) is 46.5 Å². The van der Waals surface area contributed by atoms with E-state index >= 15 is 0 Å². The molecule has 1 rings (SSSR count). The van der Waals surface area contributed by atoms with Crippen LogP contribution in [0.2, 0.25) is 0 Å². The van der Waals surface area contributed by atoms with Gasteiger partial charge in [-0.15, -0.1) is 0 Å². The number of aliphatic hydroxyl groups excluding tert-OH is 1.